The van der Waals surface area contributed by atoms with Crippen LogP contribution >= 0.6 is 11.3 Å². The molecule has 1 aromatic heterocycles. The predicted octanol–water partition coefficient (Wildman–Crippen LogP) is 3.69. The van der Waals surface area contributed by atoms with Gasteiger partial charge in [-0.05, 0) is 12.1 Å². The molecule has 0 aliphatic heterocycles. The average Bonchev–Trinajstić information content (AvgIpc) is 2.61. The van der Waals surface area contributed by atoms with Crippen LogP contribution in [0.25, 0.3) is 11.3 Å². The quantitative estimate of drug-likeness (QED) is 0.809. The summed E-state index contributed by atoms with van der Waals surface area (Å²) in [4.78, 5) is 3.74. The number of nitrogens with two attached hydrogens (primary N) is 1. The van der Waals surface area contributed by atoms with Crippen molar-refractivity contribution in [3.05, 3.63) is 34.7 Å². The monoisotopic (exact) mass is 280 g/mol. The first-order valence-corrected chi connectivity index (χ1v) is 5.44. The zero-order chi connectivity index (χ0) is 13.5. The molecule has 8 heteroatoms. The molecule has 0 amide bonds. The van der Waals surface area contributed by atoms with Crippen molar-refractivity contribution in [2.45, 2.75) is 6.18 Å². The van der Waals surface area contributed by atoms with Crippen LogP contribution in [0.1, 0.15) is 5.56 Å². The van der Waals surface area contributed by atoms with Gasteiger partial charge in [0, 0.05) is 10.9 Å². The highest BCUT2D eigenvalue weighted by Crippen LogP contribution is 2.36. The number of hydrogen-bond acceptors (Lipinski definition) is 3. The van der Waals surface area contributed by atoms with Gasteiger partial charge in [-0.15, -0.1) is 11.3 Å². The first-order valence-electron chi connectivity index (χ1n) is 4.56. The Balaban J connectivity index is 2.56. The summed E-state index contributed by atoms with van der Waals surface area (Å²) in [6, 6.07) is 1.17. The highest BCUT2D eigenvalue weighted by molar-refractivity contribution is 7.13. The molecule has 2 N–H and O–H groups in total. The lowest BCUT2D eigenvalue weighted by Crippen LogP contribution is -2.11. The molecule has 0 saturated carbocycles. The summed E-state index contributed by atoms with van der Waals surface area (Å²) in [5.74, 6) is -3.35. The second-order valence-corrected chi connectivity index (χ2v) is 4.27. The number of aromatic nitrogens is 1. The van der Waals surface area contributed by atoms with Gasteiger partial charge in [0.25, 0.3) is 0 Å². The van der Waals surface area contributed by atoms with Gasteiger partial charge in [0.2, 0.25) is 0 Å². The van der Waals surface area contributed by atoms with Gasteiger partial charge in [0.15, 0.2) is 5.13 Å². The molecule has 96 valence electrons. The molecule has 1 heterocycles. The van der Waals surface area contributed by atoms with Crippen molar-refractivity contribution in [1.29, 1.82) is 0 Å². The van der Waals surface area contributed by atoms with Crippen LogP contribution in [-0.2, 0) is 6.18 Å². The third-order valence-electron chi connectivity index (χ3n) is 2.14. The van der Waals surface area contributed by atoms with Gasteiger partial charge < -0.3 is 5.73 Å². The van der Waals surface area contributed by atoms with E-state index in [1.807, 2.05) is 0 Å². The zero-order valence-electron chi connectivity index (χ0n) is 8.55. The fourth-order valence-electron chi connectivity index (χ4n) is 1.41. The van der Waals surface area contributed by atoms with Crippen molar-refractivity contribution in [3.63, 3.8) is 0 Å². The van der Waals surface area contributed by atoms with Crippen molar-refractivity contribution in [2.75, 3.05) is 5.73 Å². The van der Waals surface area contributed by atoms with Crippen LogP contribution in [0.5, 0.6) is 0 Å². The number of thiazole rings is 1. The van der Waals surface area contributed by atoms with E-state index >= 15 is 0 Å². The Kier molecular flexibility index (Phi) is 2.97. The average molecular weight is 280 g/mol. The van der Waals surface area contributed by atoms with E-state index in [2.05, 4.69) is 4.98 Å². The number of anilines is 1. The third-order valence-corrected chi connectivity index (χ3v) is 2.82. The summed E-state index contributed by atoms with van der Waals surface area (Å²) in [7, 11) is 0. The largest absolute Gasteiger partial charge is 0.422 e. The van der Waals surface area contributed by atoms with E-state index in [-0.39, 0.29) is 16.4 Å². The summed E-state index contributed by atoms with van der Waals surface area (Å²) in [6.07, 6.45) is -5.08. The fraction of sp³-hybridized carbons (Fsp3) is 0.100. The lowest BCUT2D eigenvalue weighted by atomic mass is 10.1. The summed E-state index contributed by atoms with van der Waals surface area (Å²) < 4.78 is 63.6. The molecule has 0 radical (unpaired) electrons. The third kappa shape index (κ3) is 2.28. The SMILES string of the molecule is Nc1nc(-c2cc(F)c(C(F)(F)F)c(F)c2)cs1. The van der Waals surface area contributed by atoms with Crippen LogP contribution in [-0.4, -0.2) is 4.98 Å². The summed E-state index contributed by atoms with van der Waals surface area (Å²) in [5, 5.41) is 1.56. The minimum absolute atomic E-state index is 0.0917. The molecule has 0 spiro atoms. The van der Waals surface area contributed by atoms with E-state index in [0.29, 0.717) is 12.1 Å². The molecule has 2 rings (SSSR count). The normalized spacial score (nSPS) is 11.8. The van der Waals surface area contributed by atoms with Gasteiger partial charge in [-0.3, -0.25) is 0 Å². The number of rotatable bonds is 1. The molecule has 0 aliphatic rings. The molecule has 1 aromatic carbocycles. The molecule has 0 saturated heterocycles. The molecule has 2 nitrogen and oxygen atoms in total. The van der Waals surface area contributed by atoms with Gasteiger partial charge in [0.1, 0.15) is 17.2 Å². The van der Waals surface area contributed by atoms with Crippen LogP contribution in [0.3, 0.4) is 0 Å². The highest BCUT2D eigenvalue weighted by atomic mass is 32.1. The number of nitrogens with zero attached hydrogens (tertiary/aromatic N) is 1. The summed E-state index contributed by atoms with van der Waals surface area (Å²) in [6.45, 7) is 0. The Morgan fingerprint density at radius 1 is 1.11 bits per heavy atom. The number of hydrogen-bond donors (Lipinski definition) is 1. The standard InChI is InChI=1S/C10H5F5N2S/c11-5-1-4(7-3-18-9(16)17-7)2-6(12)8(5)10(13,14)15/h1-3H,(H2,16,17). The summed E-state index contributed by atoms with van der Waals surface area (Å²) in [5.41, 5.74) is 3.46. The minimum Gasteiger partial charge on any atom is -0.375 e. The maximum atomic E-state index is 13.3. The van der Waals surface area contributed by atoms with Gasteiger partial charge in [-0.25, -0.2) is 13.8 Å². The van der Waals surface area contributed by atoms with Gasteiger partial charge in [0.05, 0.1) is 5.69 Å². The number of benzene rings is 1. The second-order valence-electron chi connectivity index (χ2n) is 3.38. The molecular formula is C10H5F5N2S. The highest BCUT2D eigenvalue weighted by Gasteiger charge is 2.38. The van der Waals surface area contributed by atoms with Crippen LogP contribution in [0, 0.1) is 11.6 Å². The Hall–Kier alpha value is -1.70. The van der Waals surface area contributed by atoms with E-state index in [9.17, 15) is 22.0 Å². The summed E-state index contributed by atoms with van der Waals surface area (Å²) >= 11 is 1.02. The Morgan fingerprint density at radius 2 is 1.67 bits per heavy atom. The van der Waals surface area contributed by atoms with Crippen LogP contribution < -0.4 is 5.73 Å². The van der Waals surface area contributed by atoms with Crippen molar-refractivity contribution in [3.8, 4) is 11.3 Å². The van der Waals surface area contributed by atoms with Crippen LogP contribution in [0.2, 0.25) is 0 Å². The number of nitrogen functional groups attached to an aromatic ring is 1. The van der Waals surface area contributed by atoms with Crippen LogP contribution in [0.15, 0.2) is 17.5 Å². The number of alkyl halides is 3. The Bertz CT molecular complexity index is 567. The van der Waals surface area contributed by atoms with Crippen molar-refractivity contribution in [2.24, 2.45) is 0 Å². The molecular weight excluding hydrogens is 275 g/mol. The maximum Gasteiger partial charge on any atom is 0.422 e. The Morgan fingerprint density at radius 3 is 2.06 bits per heavy atom. The molecule has 0 aliphatic carbocycles. The molecule has 0 bridgehead atoms. The lowest BCUT2D eigenvalue weighted by molar-refractivity contribution is -0.142. The van der Waals surface area contributed by atoms with Crippen molar-refractivity contribution < 1.29 is 22.0 Å². The minimum atomic E-state index is -5.08. The Labute approximate surface area is 102 Å². The lowest BCUT2D eigenvalue weighted by Gasteiger charge is -2.10. The smallest absolute Gasteiger partial charge is 0.375 e. The molecule has 0 fully saturated rings. The molecule has 0 unspecified atom stereocenters. The van der Waals surface area contributed by atoms with Gasteiger partial charge in [-0.1, -0.05) is 0 Å². The van der Waals surface area contributed by atoms with E-state index in [1.165, 1.54) is 5.38 Å². The van der Waals surface area contributed by atoms with Crippen LogP contribution in [0.4, 0.5) is 27.1 Å². The first kappa shape index (κ1) is 12.7. The number of halogens is 5. The topological polar surface area (TPSA) is 38.9 Å². The molecule has 18 heavy (non-hydrogen) atoms. The molecule has 2 aromatic rings. The van der Waals surface area contributed by atoms with E-state index in [0.717, 1.165) is 11.3 Å². The first-order chi connectivity index (χ1) is 8.29. The maximum absolute atomic E-state index is 13.3. The molecule has 0 atom stereocenters. The second kappa shape index (κ2) is 4.20. The van der Waals surface area contributed by atoms with E-state index in [1.54, 1.807) is 0 Å². The van der Waals surface area contributed by atoms with E-state index < -0.39 is 23.4 Å². The van der Waals surface area contributed by atoms with Crippen molar-refractivity contribution >= 4 is 16.5 Å². The fourth-order valence-corrected chi connectivity index (χ4v) is 1.98. The van der Waals surface area contributed by atoms with Gasteiger partial charge in [-0.2, -0.15) is 13.2 Å². The van der Waals surface area contributed by atoms with Crippen molar-refractivity contribution in [1.82, 2.24) is 4.98 Å². The van der Waals surface area contributed by atoms with Gasteiger partial charge >= 0.3 is 6.18 Å². The van der Waals surface area contributed by atoms with E-state index in [4.69, 9.17) is 5.73 Å². The predicted molar refractivity (Wildman–Crippen MR) is 56.9 cm³/mol. The zero-order valence-corrected chi connectivity index (χ0v) is 9.37.